The molecule has 0 bridgehead atoms. The van der Waals surface area contributed by atoms with Crippen LogP contribution >= 0.6 is 12.2 Å². The molecule has 1 aliphatic heterocycles. The van der Waals surface area contributed by atoms with Gasteiger partial charge in [-0.15, -0.1) is 0 Å². The molecule has 0 spiro atoms. The van der Waals surface area contributed by atoms with E-state index in [9.17, 15) is 4.39 Å². The number of hydrogen-bond acceptors (Lipinski definition) is 2. The number of nitrogens with one attached hydrogen (secondary N) is 2. The zero-order chi connectivity index (χ0) is 16.8. The van der Waals surface area contributed by atoms with Crippen molar-refractivity contribution >= 4 is 23.0 Å². The van der Waals surface area contributed by atoms with Crippen molar-refractivity contribution in [2.45, 2.75) is 19.4 Å². The van der Waals surface area contributed by atoms with Crippen molar-refractivity contribution in [1.29, 1.82) is 0 Å². The monoisotopic (exact) mass is 343 g/mol. The average molecular weight is 343 g/mol. The molecule has 2 aromatic carbocycles. The highest BCUT2D eigenvalue weighted by atomic mass is 32.1. The van der Waals surface area contributed by atoms with Crippen molar-refractivity contribution in [3.8, 4) is 0 Å². The van der Waals surface area contributed by atoms with E-state index in [1.54, 1.807) is 12.1 Å². The molecular weight excluding hydrogens is 321 g/mol. The van der Waals surface area contributed by atoms with Crippen molar-refractivity contribution in [3.63, 3.8) is 0 Å². The van der Waals surface area contributed by atoms with Gasteiger partial charge in [0.2, 0.25) is 0 Å². The van der Waals surface area contributed by atoms with Gasteiger partial charge in [0.25, 0.3) is 0 Å². The summed E-state index contributed by atoms with van der Waals surface area (Å²) in [4.78, 5) is 2.49. The van der Waals surface area contributed by atoms with Gasteiger partial charge in [-0.1, -0.05) is 24.3 Å². The second kappa shape index (κ2) is 8.22. The van der Waals surface area contributed by atoms with Crippen LogP contribution in [0.25, 0.3) is 0 Å². The first-order valence-electron chi connectivity index (χ1n) is 8.30. The SMILES string of the molecule is Fc1ccc(NC(=S)NCCCN2CCc3ccccc3C2)cc1. The molecule has 0 atom stereocenters. The van der Waals surface area contributed by atoms with E-state index in [0.717, 1.165) is 44.7 Å². The van der Waals surface area contributed by atoms with E-state index in [0.29, 0.717) is 5.11 Å². The molecule has 126 valence electrons. The zero-order valence-corrected chi connectivity index (χ0v) is 14.4. The summed E-state index contributed by atoms with van der Waals surface area (Å²) in [6.45, 7) is 4.04. The molecule has 24 heavy (non-hydrogen) atoms. The fourth-order valence-corrected chi connectivity index (χ4v) is 3.18. The lowest BCUT2D eigenvalue weighted by Crippen LogP contribution is -2.34. The van der Waals surface area contributed by atoms with Gasteiger partial charge >= 0.3 is 0 Å². The van der Waals surface area contributed by atoms with Crippen LogP contribution < -0.4 is 10.6 Å². The van der Waals surface area contributed by atoms with Crippen LogP contribution in [0.15, 0.2) is 48.5 Å². The van der Waals surface area contributed by atoms with Gasteiger partial charge in [0.15, 0.2) is 5.11 Å². The van der Waals surface area contributed by atoms with E-state index in [-0.39, 0.29) is 5.82 Å². The standard InChI is InChI=1S/C19H22FN3S/c20-17-6-8-18(9-7-17)22-19(24)21-11-3-12-23-13-10-15-4-1-2-5-16(15)14-23/h1-2,4-9H,3,10-14H2,(H2,21,22,24). The van der Waals surface area contributed by atoms with E-state index in [1.165, 1.54) is 23.3 Å². The summed E-state index contributed by atoms with van der Waals surface area (Å²) in [5, 5.41) is 6.84. The minimum absolute atomic E-state index is 0.248. The van der Waals surface area contributed by atoms with E-state index in [1.807, 2.05) is 0 Å². The Kier molecular flexibility index (Phi) is 5.77. The van der Waals surface area contributed by atoms with Gasteiger partial charge in [0, 0.05) is 31.9 Å². The zero-order valence-electron chi connectivity index (χ0n) is 13.6. The molecular formula is C19H22FN3S. The Labute approximate surface area is 147 Å². The molecule has 1 heterocycles. The summed E-state index contributed by atoms with van der Waals surface area (Å²) in [7, 11) is 0. The Morgan fingerprint density at radius 1 is 1.08 bits per heavy atom. The van der Waals surface area contributed by atoms with Crippen LogP contribution in [0, 0.1) is 5.82 Å². The Morgan fingerprint density at radius 3 is 2.62 bits per heavy atom. The summed E-state index contributed by atoms with van der Waals surface area (Å²) in [6.07, 6.45) is 2.17. The number of anilines is 1. The molecule has 3 nitrogen and oxygen atoms in total. The first-order valence-corrected chi connectivity index (χ1v) is 8.71. The van der Waals surface area contributed by atoms with E-state index in [4.69, 9.17) is 12.2 Å². The molecule has 0 unspecified atom stereocenters. The molecule has 5 heteroatoms. The Balaban J connectivity index is 1.35. The molecule has 0 saturated carbocycles. The normalized spacial score (nSPS) is 14.0. The Morgan fingerprint density at radius 2 is 1.83 bits per heavy atom. The van der Waals surface area contributed by atoms with Gasteiger partial charge < -0.3 is 10.6 Å². The molecule has 0 saturated heterocycles. The number of rotatable bonds is 5. The third-order valence-corrected chi connectivity index (χ3v) is 4.49. The van der Waals surface area contributed by atoms with Crippen LogP contribution in [0.5, 0.6) is 0 Å². The minimum atomic E-state index is -0.248. The summed E-state index contributed by atoms with van der Waals surface area (Å²) in [6, 6.07) is 14.9. The second-order valence-electron chi connectivity index (χ2n) is 6.04. The first-order chi connectivity index (χ1) is 11.7. The molecule has 0 amide bonds. The van der Waals surface area contributed by atoms with Crippen LogP contribution in [0.1, 0.15) is 17.5 Å². The molecule has 2 aromatic rings. The summed E-state index contributed by atoms with van der Waals surface area (Å²) >= 11 is 5.26. The fraction of sp³-hybridized carbons (Fsp3) is 0.316. The van der Waals surface area contributed by atoms with E-state index >= 15 is 0 Å². The smallest absolute Gasteiger partial charge is 0.170 e. The van der Waals surface area contributed by atoms with Crippen molar-refractivity contribution in [2.75, 3.05) is 25.0 Å². The predicted molar refractivity (Wildman–Crippen MR) is 101 cm³/mol. The maximum Gasteiger partial charge on any atom is 0.170 e. The largest absolute Gasteiger partial charge is 0.362 e. The number of thiocarbonyl (C=S) groups is 1. The van der Waals surface area contributed by atoms with Crippen LogP contribution in [0.2, 0.25) is 0 Å². The lowest BCUT2D eigenvalue weighted by molar-refractivity contribution is 0.251. The van der Waals surface area contributed by atoms with E-state index in [2.05, 4.69) is 39.8 Å². The van der Waals surface area contributed by atoms with Crippen molar-refractivity contribution in [2.24, 2.45) is 0 Å². The molecule has 3 rings (SSSR count). The van der Waals surface area contributed by atoms with Crippen LogP contribution in [0.3, 0.4) is 0 Å². The highest BCUT2D eigenvalue weighted by Crippen LogP contribution is 2.18. The van der Waals surface area contributed by atoms with Gasteiger partial charge in [-0.25, -0.2) is 4.39 Å². The maximum absolute atomic E-state index is 12.9. The average Bonchev–Trinajstić information content (AvgIpc) is 2.60. The van der Waals surface area contributed by atoms with Crippen molar-refractivity contribution in [1.82, 2.24) is 10.2 Å². The van der Waals surface area contributed by atoms with E-state index < -0.39 is 0 Å². The van der Waals surface area contributed by atoms with Gasteiger partial charge in [0.1, 0.15) is 5.82 Å². The first kappa shape index (κ1) is 16.9. The number of fused-ring (bicyclic) bond motifs is 1. The van der Waals surface area contributed by atoms with Gasteiger partial charge in [0.05, 0.1) is 0 Å². The third-order valence-electron chi connectivity index (χ3n) is 4.25. The highest BCUT2D eigenvalue weighted by Gasteiger charge is 2.14. The molecule has 0 radical (unpaired) electrons. The lowest BCUT2D eigenvalue weighted by Gasteiger charge is -2.28. The third kappa shape index (κ3) is 4.76. The molecule has 2 N–H and O–H groups in total. The summed E-state index contributed by atoms with van der Waals surface area (Å²) in [5.74, 6) is -0.248. The van der Waals surface area contributed by atoms with Crippen LogP contribution in [0.4, 0.5) is 10.1 Å². The number of halogens is 1. The maximum atomic E-state index is 12.9. The lowest BCUT2D eigenvalue weighted by atomic mass is 10.00. The van der Waals surface area contributed by atoms with Gasteiger partial charge in [-0.3, -0.25) is 4.90 Å². The fourth-order valence-electron chi connectivity index (χ4n) is 2.96. The quantitative estimate of drug-likeness (QED) is 0.641. The summed E-state index contributed by atoms with van der Waals surface area (Å²) < 4.78 is 12.9. The molecule has 1 aliphatic rings. The number of benzene rings is 2. The van der Waals surface area contributed by atoms with Crippen LogP contribution in [-0.2, 0) is 13.0 Å². The van der Waals surface area contributed by atoms with Crippen LogP contribution in [-0.4, -0.2) is 29.6 Å². The highest BCUT2D eigenvalue weighted by molar-refractivity contribution is 7.80. The molecule has 0 aliphatic carbocycles. The second-order valence-corrected chi connectivity index (χ2v) is 6.44. The predicted octanol–water partition coefficient (Wildman–Crippen LogP) is 3.56. The van der Waals surface area contributed by atoms with Crippen molar-refractivity contribution in [3.05, 3.63) is 65.5 Å². The number of hydrogen-bond donors (Lipinski definition) is 2. The molecule has 0 fully saturated rings. The summed E-state index contributed by atoms with van der Waals surface area (Å²) in [5.41, 5.74) is 3.73. The molecule has 0 aromatic heterocycles. The number of nitrogens with zero attached hydrogens (tertiary/aromatic N) is 1. The Hall–Kier alpha value is -1.98. The van der Waals surface area contributed by atoms with Gasteiger partial charge in [-0.2, -0.15) is 0 Å². The Bertz CT molecular complexity index is 687. The topological polar surface area (TPSA) is 27.3 Å². The van der Waals surface area contributed by atoms with Gasteiger partial charge in [-0.05, 0) is 60.5 Å². The minimum Gasteiger partial charge on any atom is -0.362 e. The van der Waals surface area contributed by atoms with Crippen molar-refractivity contribution < 1.29 is 4.39 Å².